The van der Waals surface area contributed by atoms with Crippen molar-refractivity contribution in [2.45, 2.75) is 13.3 Å². The van der Waals surface area contributed by atoms with Gasteiger partial charge >= 0.3 is 0 Å². The molecule has 0 radical (unpaired) electrons. The summed E-state index contributed by atoms with van der Waals surface area (Å²) in [6.45, 7) is 1.08. The summed E-state index contributed by atoms with van der Waals surface area (Å²) in [5, 5.41) is 2.65. The van der Waals surface area contributed by atoms with Gasteiger partial charge in [-0.2, -0.15) is 0 Å². The third-order valence-electron chi connectivity index (χ3n) is 3.21. The van der Waals surface area contributed by atoms with E-state index in [0.717, 1.165) is 17.0 Å². The van der Waals surface area contributed by atoms with Crippen LogP contribution in [0, 0.1) is 11.6 Å². The predicted octanol–water partition coefficient (Wildman–Crippen LogP) is 3.35. The van der Waals surface area contributed by atoms with Crippen LogP contribution < -0.4 is 10.2 Å². The van der Waals surface area contributed by atoms with Crippen LogP contribution in [0.5, 0.6) is 0 Å². The SMILES string of the molecule is CC(=O)N(CCC(=O)Nc1ccccc1)c1c(F)cccc1F. The highest BCUT2D eigenvalue weighted by Gasteiger charge is 2.20. The first kappa shape index (κ1) is 16.6. The van der Waals surface area contributed by atoms with Crippen molar-refractivity contribution in [2.24, 2.45) is 0 Å². The average molecular weight is 318 g/mol. The highest BCUT2D eigenvalue weighted by molar-refractivity contribution is 5.94. The molecule has 0 aliphatic rings. The van der Waals surface area contributed by atoms with E-state index in [1.165, 1.54) is 13.0 Å². The summed E-state index contributed by atoms with van der Waals surface area (Å²) in [4.78, 5) is 24.5. The fourth-order valence-electron chi connectivity index (χ4n) is 2.13. The quantitative estimate of drug-likeness (QED) is 0.919. The number of halogens is 2. The number of amides is 2. The second-order valence-electron chi connectivity index (χ2n) is 4.91. The largest absolute Gasteiger partial charge is 0.326 e. The van der Waals surface area contributed by atoms with Crippen LogP contribution in [0.3, 0.4) is 0 Å². The first-order chi connectivity index (χ1) is 11.0. The third kappa shape index (κ3) is 4.35. The molecule has 2 rings (SSSR count). The Morgan fingerprint density at radius 1 is 1.00 bits per heavy atom. The van der Waals surface area contributed by atoms with Crippen molar-refractivity contribution in [3.63, 3.8) is 0 Å². The zero-order chi connectivity index (χ0) is 16.8. The summed E-state index contributed by atoms with van der Waals surface area (Å²) in [5.41, 5.74) is 0.177. The zero-order valence-corrected chi connectivity index (χ0v) is 12.6. The first-order valence-corrected chi connectivity index (χ1v) is 7.06. The molecule has 0 saturated heterocycles. The van der Waals surface area contributed by atoms with Gasteiger partial charge in [-0.3, -0.25) is 9.59 Å². The van der Waals surface area contributed by atoms with Crippen molar-refractivity contribution >= 4 is 23.2 Å². The Morgan fingerprint density at radius 2 is 1.61 bits per heavy atom. The summed E-state index contributed by atoms with van der Waals surface area (Å²) in [5.74, 6) is -2.58. The number of carbonyl (C=O) groups is 2. The Bertz CT molecular complexity index is 685. The van der Waals surface area contributed by atoms with Crippen molar-refractivity contribution in [1.82, 2.24) is 0 Å². The molecular weight excluding hydrogens is 302 g/mol. The van der Waals surface area contributed by atoms with Crippen molar-refractivity contribution in [1.29, 1.82) is 0 Å². The van der Waals surface area contributed by atoms with Gasteiger partial charge in [0.1, 0.15) is 17.3 Å². The van der Waals surface area contributed by atoms with Gasteiger partial charge in [0.05, 0.1) is 0 Å². The molecule has 0 fully saturated rings. The molecule has 0 spiro atoms. The fourth-order valence-corrected chi connectivity index (χ4v) is 2.13. The molecule has 1 N–H and O–H groups in total. The van der Waals surface area contributed by atoms with Crippen molar-refractivity contribution < 1.29 is 18.4 Å². The van der Waals surface area contributed by atoms with Crippen LogP contribution in [0.15, 0.2) is 48.5 Å². The lowest BCUT2D eigenvalue weighted by Gasteiger charge is -2.22. The predicted molar refractivity (Wildman–Crippen MR) is 84.1 cm³/mol. The number of benzene rings is 2. The molecule has 0 heterocycles. The van der Waals surface area contributed by atoms with E-state index in [4.69, 9.17) is 0 Å². The Kier molecular flexibility index (Phi) is 5.41. The number of rotatable bonds is 5. The van der Waals surface area contributed by atoms with Crippen LogP contribution in [0.25, 0.3) is 0 Å². The number of nitrogens with zero attached hydrogens (tertiary/aromatic N) is 1. The normalized spacial score (nSPS) is 10.2. The van der Waals surface area contributed by atoms with Gasteiger partial charge in [0.2, 0.25) is 11.8 Å². The van der Waals surface area contributed by atoms with E-state index in [1.807, 2.05) is 6.07 Å². The minimum Gasteiger partial charge on any atom is -0.326 e. The molecule has 0 aliphatic carbocycles. The number of carbonyl (C=O) groups excluding carboxylic acids is 2. The van der Waals surface area contributed by atoms with Gasteiger partial charge in [-0.1, -0.05) is 24.3 Å². The summed E-state index contributed by atoms with van der Waals surface area (Å²) in [7, 11) is 0. The van der Waals surface area contributed by atoms with Crippen LogP contribution in [0.4, 0.5) is 20.2 Å². The van der Waals surface area contributed by atoms with E-state index in [-0.39, 0.29) is 18.9 Å². The molecule has 2 amide bonds. The average Bonchev–Trinajstić information content (AvgIpc) is 2.50. The highest BCUT2D eigenvalue weighted by Crippen LogP contribution is 2.23. The molecule has 2 aromatic rings. The van der Waals surface area contributed by atoms with Gasteiger partial charge in [0.15, 0.2) is 0 Å². The Labute approximate surface area is 132 Å². The molecule has 0 aliphatic heterocycles. The Hall–Kier alpha value is -2.76. The minimum atomic E-state index is -0.844. The molecular formula is C17H16F2N2O2. The van der Waals surface area contributed by atoms with Gasteiger partial charge < -0.3 is 10.2 Å². The van der Waals surface area contributed by atoms with E-state index >= 15 is 0 Å². The highest BCUT2D eigenvalue weighted by atomic mass is 19.1. The monoisotopic (exact) mass is 318 g/mol. The number of para-hydroxylation sites is 2. The lowest BCUT2D eigenvalue weighted by Crippen LogP contribution is -2.33. The van der Waals surface area contributed by atoms with Gasteiger partial charge in [0.25, 0.3) is 0 Å². The molecule has 6 heteroatoms. The maximum absolute atomic E-state index is 13.8. The van der Waals surface area contributed by atoms with E-state index < -0.39 is 23.2 Å². The summed E-state index contributed by atoms with van der Waals surface area (Å²) < 4.78 is 27.6. The van der Waals surface area contributed by atoms with E-state index in [2.05, 4.69) is 5.32 Å². The minimum absolute atomic E-state index is 0.0811. The van der Waals surface area contributed by atoms with Crippen LogP contribution in [0.1, 0.15) is 13.3 Å². The van der Waals surface area contributed by atoms with Gasteiger partial charge in [0, 0.05) is 25.6 Å². The summed E-state index contributed by atoms with van der Waals surface area (Å²) >= 11 is 0. The van der Waals surface area contributed by atoms with Crippen molar-refractivity contribution in [3.8, 4) is 0 Å². The lowest BCUT2D eigenvalue weighted by molar-refractivity contribution is -0.117. The Balaban J connectivity index is 2.06. The van der Waals surface area contributed by atoms with Gasteiger partial charge in [-0.05, 0) is 24.3 Å². The number of nitrogens with one attached hydrogen (secondary N) is 1. The molecule has 2 aromatic carbocycles. The maximum Gasteiger partial charge on any atom is 0.226 e. The second kappa shape index (κ2) is 7.49. The molecule has 0 unspecified atom stereocenters. The number of anilines is 2. The number of hydrogen-bond donors (Lipinski definition) is 1. The summed E-state index contributed by atoms with van der Waals surface area (Å²) in [6.07, 6.45) is -0.0811. The van der Waals surface area contributed by atoms with E-state index in [0.29, 0.717) is 5.69 Å². The first-order valence-electron chi connectivity index (χ1n) is 7.06. The van der Waals surface area contributed by atoms with Gasteiger partial charge in [-0.15, -0.1) is 0 Å². The maximum atomic E-state index is 13.8. The van der Waals surface area contributed by atoms with Crippen molar-refractivity contribution in [3.05, 3.63) is 60.2 Å². The van der Waals surface area contributed by atoms with Gasteiger partial charge in [-0.25, -0.2) is 8.78 Å². The smallest absolute Gasteiger partial charge is 0.226 e. The summed E-state index contributed by atoms with van der Waals surface area (Å²) in [6, 6.07) is 12.1. The zero-order valence-electron chi connectivity index (χ0n) is 12.6. The second-order valence-corrected chi connectivity index (χ2v) is 4.91. The van der Waals surface area contributed by atoms with Crippen LogP contribution in [-0.2, 0) is 9.59 Å². The number of hydrogen-bond acceptors (Lipinski definition) is 2. The van der Waals surface area contributed by atoms with Crippen molar-refractivity contribution in [2.75, 3.05) is 16.8 Å². The van der Waals surface area contributed by atoms with Crippen LogP contribution in [0.2, 0.25) is 0 Å². The van der Waals surface area contributed by atoms with Crippen LogP contribution >= 0.6 is 0 Å². The standard InChI is InChI=1S/C17H16F2N2O2/c1-12(22)21(17-14(18)8-5-9-15(17)19)11-10-16(23)20-13-6-3-2-4-7-13/h2-9H,10-11H2,1H3,(H,20,23). The molecule has 120 valence electrons. The molecule has 23 heavy (non-hydrogen) atoms. The molecule has 0 saturated carbocycles. The third-order valence-corrected chi connectivity index (χ3v) is 3.21. The lowest BCUT2D eigenvalue weighted by atomic mass is 10.2. The topological polar surface area (TPSA) is 49.4 Å². The molecule has 0 bridgehead atoms. The van der Waals surface area contributed by atoms with E-state index in [9.17, 15) is 18.4 Å². The van der Waals surface area contributed by atoms with Crippen LogP contribution in [-0.4, -0.2) is 18.4 Å². The fraction of sp³-hybridized carbons (Fsp3) is 0.176. The van der Waals surface area contributed by atoms with E-state index in [1.54, 1.807) is 24.3 Å². The molecule has 4 nitrogen and oxygen atoms in total. The molecule has 0 aromatic heterocycles. The Morgan fingerprint density at radius 3 is 2.17 bits per heavy atom. The molecule has 0 atom stereocenters.